The second-order valence-electron chi connectivity index (χ2n) is 10.6. The van der Waals surface area contributed by atoms with E-state index in [-0.39, 0.29) is 59.8 Å². The van der Waals surface area contributed by atoms with Crippen LogP contribution in [0.5, 0.6) is 0 Å². The van der Waals surface area contributed by atoms with Gasteiger partial charge in [0, 0.05) is 51.7 Å². The molecule has 0 aromatic rings. The van der Waals surface area contributed by atoms with Gasteiger partial charge in [0.25, 0.3) is 0 Å². The molecule has 0 aliphatic heterocycles. The van der Waals surface area contributed by atoms with Crippen molar-refractivity contribution in [1.29, 1.82) is 0 Å². The van der Waals surface area contributed by atoms with Crippen LogP contribution in [0.15, 0.2) is 44.8 Å². The minimum absolute atomic E-state index is 0.00619. The van der Waals surface area contributed by atoms with Gasteiger partial charge in [0.2, 0.25) is 5.78 Å². The van der Waals surface area contributed by atoms with Gasteiger partial charge >= 0.3 is 0 Å². The number of nitrogens with zero attached hydrogens (tertiary/aromatic N) is 1. The molecule has 0 spiro atoms. The number of hydrogen-bond acceptors (Lipinski definition) is 7. The predicted molar refractivity (Wildman–Crippen MR) is 130 cm³/mol. The van der Waals surface area contributed by atoms with Crippen molar-refractivity contribution in [1.82, 2.24) is 4.90 Å². The molecule has 5 atom stereocenters. The van der Waals surface area contributed by atoms with Crippen LogP contribution in [0.25, 0.3) is 0 Å². The summed E-state index contributed by atoms with van der Waals surface area (Å²) in [7, 11) is 5.31. The van der Waals surface area contributed by atoms with Crippen LogP contribution < -0.4 is 0 Å². The van der Waals surface area contributed by atoms with Crippen molar-refractivity contribution in [2.24, 2.45) is 23.7 Å². The van der Waals surface area contributed by atoms with Crippen LogP contribution >= 0.6 is 0 Å². The fourth-order valence-electron chi connectivity index (χ4n) is 6.98. The Morgan fingerprint density at radius 3 is 2.00 bits per heavy atom. The van der Waals surface area contributed by atoms with E-state index in [1.807, 2.05) is 14.1 Å². The van der Waals surface area contributed by atoms with E-state index in [2.05, 4.69) is 11.8 Å². The SMILES string of the molecule is COC1=C(C)C(=O)C2=C(C1=O)[C@@H]1CC3=C(C(=O)C(C)=C(C)C3=O)[C@H](CCO)C1[C@@H](C)C(N(C)C)C2. The van der Waals surface area contributed by atoms with Gasteiger partial charge in [-0.3, -0.25) is 19.2 Å². The van der Waals surface area contributed by atoms with Crippen LogP contribution in [0.1, 0.15) is 47.0 Å². The predicted octanol–water partition coefficient (Wildman–Crippen LogP) is 2.74. The second-order valence-corrected chi connectivity index (χ2v) is 10.6. The van der Waals surface area contributed by atoms with E-state index in [0.717, 1.165) is 0 Å². The minimum Gasteiger partial charge on any atom is -0.492 e. The van der Waals surface area contributed by atoms with E-state index in [1.165, 1.54) is 7.11 Å². The van der Waals surface area contributed by atoms with Crippen molar-refractivity contribution in [2.45, 2.75) is 53.0 Å². The zero-order valence-electron chi connectivity index (χ0n) is 21.7. The number of carbonyl (C=O) groups is 4. The van der Waals surface area contributed by atoms with E-state index in [4.69, 9.17) is 4.74 Å². The van der Waals surface area contributed by atoms with Crippen LogP contribution in [0.2, 0.25) is 0 Å². The molecule has 0 fully saturated rings. The van der Waals surface area contributed by atoms with Crippen molar-refractivity contribution < 1.29 is 29.0 Å². The van der Waals surface area contributed by atoms with E-state index in [0.29, 0.717) is 51.9 Å². The van der Waals surface area contributed by atoms with Crippen molar-refractivity contribution >= 4 is 23.1 Å². The Labute approximate surface area is 206 Å². The molecule has 0 saturated carbocycles. The molecule has 4 aliphatic rings. The smallest absolute Gasteiger partial charge is 0.224 e. The molecule has 7 nitrogen and oxygen atoms in total. The maximum atomic E-state index is 13.8. The van der Waals surface area contributed by atoms with Crippen molar-refractivity contribution in [3.05, 3.63) is 44.8 Å². The first-order valence-corrected chi connectivity index (χ1v) is 12.3. The number of ether oxygens (including phenoxy) is 1. The summed E-state index contributed by atoms with van der Waals surface area (Å²) < 4.78 is 5.39. The topological polar surface area (TPSA) is 101 Å². The van der Waals surface area contributed by atoms with E-state index >= 15 is 0 Å². The van der Waals surface area contributed by atoms with Crippen molar-refractivity contribution in [3.8, 4) is 0 Å². The number of hydrogen-bond donors (Lipinski definition) is 1. The first kappa shape index (κ1) is 25.5. The van der Waals surface area contributed by atoms with Gasteiger partial charge < -0.3 is 14.7 Å². The Hall–Kier alpha value is -2.64. The molecule has 4 rings (SSSR count). The molecular weight excluding hydrogens is 446 g/mol. The maximum absolute atomic E-state index is 13.8. The molecule has 0 aromatic heterocycles. The van der Waals surface area contributed by atoms with Gasteiger partial charge in [0.05, 0.1) is 7.11 Å². The van der Waals surface area contributed by atoms with Gasteiger partial charge in [-0.1, -0.05) is 6.92 Å². The highest BCUT2D eigenvalue weighted by Crippen LogP contribution is 2.54. The third-order valence-electron chi connectivity index (χ3n) is 8.85. The van der Waals surface area contributed by atoms with Crippen LogP contribution in [0.4, 0.5) is 0 Å². The monoisotopic (exact) mass is 481 g/mol. The molecule has 4 aliphatic carbocycles. The Kier molecular flexibility index (Phi) is 6.62. The quantitative estimate of drug-likeness (QED) is 0.616. The number of allylic oxidation sites excluding steroid dienone is 6. The van der Waals surface area contributed by atoms with Crippen molar-refractivity contribution in [2.75, 3.05) is 27.8 Å². The molecule has 0 heterocycles. The van der Waals surface area contributed by atoms with Crippen LogP contribution in [0.3, 0.4) is 0 Å². The number of rotatable bonds is 4. The number of aliphatic hydroxyl groups excluding tert-OH is 1. The summed E-state index contributed by atoms with van der Waals surface area (Å²) in [6.07, 6.45) is 0.951. The second kappa shape index (κ2) is 9.10. The number of methoxy groups -OCH3 is 1. The van der Waals surface area contributed by atoms with E-state index < -0.39 is 11.8 Å². The molecular formula is C28H35NO6. The molecule has 0 radical (unpaired) electrons. The summed E-state index contributed by atoms with van der Waals surface area (Å²) in [5.74, 6) is -1.75. The van der Waals surface area contributed by atoms with Gasteiger partial charge in [-0.2, -0.15) is 0 Å². The normalized spacial score (nSPS) is 31.7. The highest BCUT2D eigenvalue weighted by Gasteiger charge is 2.53. The summed E-state index contributed by atoms with van der Waals surface area (Å²) in [5, 5.41) is 10.0. The van der Waals surface area contributed by atoms with Crippen LogP contribution in [-0.4, -0.2) is 67.0 Å². The fraction of sp³-hybridized carbons (Fsp3) is 0.571. The number of fused-ring (bicyclic) bond motifs is 2. The first-order chi connectivity index (χ1) is 16.5. The summed E-state index contributed by atoms with van der Waals surface area (Å²) in [6, 6.07) is -0.0558. The van der Waals surface area contributed by atoms with E-state index in [9.17, 15) is 24.3 Å². The fourth-order valence-corrected chi connectivity index (χ4v) is 6.98. The average Bonchev–Trinajstić information content (AvgIpc) is 2.94. The number of Topliss-reactive ketones (excluding diaryl/α,β-unsaturated/α-hetero) is 4. The lowest BCUT2D eigenvalue weighted by atomic mass is 9.57. The average molecular weight is 482 g/mol. The molecule has 2 unspecified atom stereocenters. The molecule has 7 heteroatoms. The third-order valence-corrected chi connectivity index (χ3v) is 8.85. The lowest BCUT2D eigenvalue weighted by molar-refractivity contribution is -0.120. The van der Waals surface area contributed by atoms with E-state index in [1.54, 1.807) is 20.8 Å². The zero-order valence-corrected chi connectivity index (χ0v) is 21.7. The summed E-state index contributed by atoms with van der Waals surface area (Å²) in [4.78, 5) is 56.3. The molecule has 0 amide bonds. The Morgan fingerprint density at radius 1 is 0.857 bits per heavy atom. The van der Waals surface area contributed by atoms with Gasteiger partial charge in [-0.15, -0.1) is 0 Å². The third kappa shape index (κ3) is 3.62. The lowest BCUT2D eigenvalue weighted by Gasteiger charge is -2.46. The standard InChI is InChI=1S/C28H35NO6/c1-12-13(2)26(33)22-16(8-9-30)21-14(3)20(29(5)6)11-19-23(17(21)10-18(22)24(12)31)27(34)28(35-7)15(4)25(19)32/h14,16-17,20-21,30H,8-11H2,1-7H3/t14-,16+,17+,20?,21?/m0/s1. The highest BCUT2D eigenvalue weighted by molar-refractivity contribution is 6.26. The van der Waals surface area contributed by atoms with Crippen LogP contribution in [-0.2, 0) is 23.9 Å². The largest absolute Gasteiger partial charge is 0.492 e. The number of aliphatic hydroxyl groups is 1. The van der Waals surface area contributed by atoms with Gasteiger partial charge in [-0.05, 0) is 77.8 Å². The number of carbonyl (C=O) groups excluding carboxylic acids is 4. The Morgan fingerprint density at radius 2 is 1.43 bits per heavy atom. The summed E-state index contributed by atoms with van der Waals surface area (Å²) >= 11 is 0. The molecule has 188 valence electrons. The Balaban J connectivity index is 2.00. The van der Waals surface area contributed by atoms with Gasteiger partial charge in [0.1, 0.15) is 0 Å². The van der Waals surface area contributed by atoms with Crippen molar-refractivity contribution in [3.63, 3.8) is 0 Å². The lowest BCUT2D eigenvalue weighted by Crippen LogP contribution is -2.46. The van der Waals surface area contributed by atoms with Gasteiger partial charge in [-0.25, -0.2) is 0 Å². The van der Waals surface area contributed by atoms with Crippen LogP contribution in [0, 0.1) is 23.7 Å². The molecule has 0 aromatic carbocycles. The molecule has 35 heavy (non-hydrogen) atoms. The highest BCUT2D eigenvalue weighted by atomic mass is 16.5. The Bertz CT molecular complexity index is 1160. The molecule has 0 bridgehead atoms. The van der Waals surface area contributed by atoms with Gasteiger partial charge in [0.15, 0.2) is 23.1 Å². The minimum atomic E-state index is -0.419. The number of ketones is 4. The maximum Gasteiger partial charge on any atom is 0.224 e. The zero-order chi connectivity index (χ0) is 25.9. The first-order valence-electron chi connectivity index (χ1n) is 12.3. The molecule has 0 saturated heterocycles. The summed E-state index contributed by atoms with van der Waals surface area (Å²) in [5.41, 5.74) is 3.04. The molecule has 1 N–H and O–H groups in total. The summed E-state index contributed by atoms with van der Waals surface area (Å²) in [6.45, 7) is 6.93.